The highest BCUT2D eigenvalue weighted by atomic mass is 31.3. The first-order chi connectivity index (χ1) is 16.5. The molecule has 2 rings (SSSR count). The number of phosphoric acid groups is 3. The van der Waals surface area contributed by atoms with E-state index in [0.29, 0.717) is 0 Å². The lowest BCUT2D eigenvalue weighted by atomic mass is 10.0. The number of nitrogens with two attached hydrogens (primary N) is 1. The zero-order chi connectivity index (χ0) is 27.3. The number of amides is 1. The summed E-state index contributed by atoms with van der Waals surface area (Å²) in [4.78, 5) is 63.0. The number of anilines is 1. The summed E-state index contributed by atoms with van der Waals surface area (Å²) in [6.45, 7) is 0.898. The van der Waals surface area contributed by atoms with E-state index in [1.54, 1.807) is 6.92 Å². The molecule has 1 aliphatic rings. The number of hydrogen-bond donors (Lipinski definition) is 6. The predicted molar refractivity (Wildman–Crippen MR) is 118 cm³/mol. The van der Waals surface area contributed by atoms with Crippen molar-refractivity contribution in [3.05, 3.63) is 22.2 Å². The van der Waals surface area contributed by atoms with Gasteiger partial charge in [-0.1, -0.05) is 18.8 Å². The molecule has 21 heteroatoms. The molecule has 1 saturated heterocycles. The highest BCUT2D eigenvalue weighted by Crippen LogP contribution is 2.66. The maximum atomic E-state index is 12.3. The lowest BCUT2D eigenvalue weighted by Gasteiger charge is -2.20. The van der Waals surface area contributed by atoms with Crippen LogP contribution < -0.4 is 16.7 Å². The van der Waals surface area contributed by atoms with Crippen LogP contribution in [0.2, 0.25) is 0 Å². The van der Waals surface area contributed by atoms with Crippen molar-refractivity contribution in [2.75, 3.05) is 26.0 Å². The van der Waals surface area contributed by atoms with Crippen molar-refractivity contribution in [2.24, 2.45) is 5.92 Å². The van der Waals surface area contributed by atoms with E-state index in [-0.39, 0.29) is 30.3 Å². The van der Waals surface area contributed by atoms with E-state index in [9.17, 15) is 33.1 Å². The molecule has 1 aromatic rings. The molecule has 0 aliphatic carbocycles. The van der Waals surface area contributed by atoms with Gasteiger partial charge in [0.1, 0.15) is 12.0 Å². The first-order valence-electron chi connectivity index (χ1n) is 9.65. The van der Waals surface area contributed by atoms with Gasteiger partial charge >= 0.3 is 35.3 Å². The predicted octanol–water partition coefficient (Wildman–Crippen LogP) is -0.200. The molecule has 2 unspecified atom stereocenters. The Labute approximate surface area is 203 Å². The SMILES string of the molecule is COC(=O)NCC#Cc1cn([C@H]2C[C@@H](C)[C@@H](COP(=O)(O)OP(=O)(O)OP(=O)(O)O)O2)c(=O)nc1N. The number of carbonyl (C=O) groups excluding carboxylic acids is 1. The summed E-state index contributed by atoms with van der Waals surface area (Å²) in [5.41, 5.74) is 5.09. The number of hydrogen-bond acceptors (Lipinski definition) is 12. The first kappa shape index (κ1) is 30.1. The lowest BCUT2D eigenvalue weighted by molar-refractivity contribution is -0.0307. The van der Waals surface area contributed by atoms with Crippen LogP contribution in [0.3, 0.4) is 0 Å². The van der Waals surface area contributed by atoms with E-state index in [4.69, 9.17) is 20.3 Å². The van der Waals surface area contributed by atoms with Crippen LogP contribution in [0.4, 0.5) is 10.6 Å². The molecule has 202 valence electrons. The molecular weight excluding hydrogens is 553 g/mol. The fourth-order valence-electron chi connectivity index (χ4n) is 2.83. The van der Waals surface area contributed by atoms with E-state index >= 15 is 0 Å². The molecule has 5 atom stereocenters. The van der Waals surface area contributed by atoms with Crippen molar-refractivity contribution in [2.45, 2.75) is 25.7 Å². The number of alkyl carbamates (subject to hydrolysis) is 1. The molecule has 1 fully saturated rings. The minimum Gasteiger partial charge on any atom is -0.453 e. The van der Waals surface area contributed by atoms with Crippen LogP contribution in [0.5, 0.6) is 0 Å². The highest BCUT2D eigenvalue weighted by Gasteiger charge is 2.42. The minimum atomic E-state index is -5.66. The van der Waals surface area contributed by atoms with Gasteiger partial charge in [-0.2, -0.15) is 13.6 Å². The number of carbonyl (C=O) groups is 1. The smallest absolute Gasteiger partial charge is 0.453 e. The Kier molecular flexibility index (Phi) is 9.99. The molecule has 0 radical (unpaired) electrons. The molecule has 18 nitrogen and oxygen atoms in total. The first-order valence-corrected chi connectivity index (χ1v) is 14.2. The molecule has 1 aromatic heterocycles. The number of ether oxygens (including phenoxy) is 2. The normalized spacial score (nSPS) is 23.1. The van der Waals surface area contributed by atoms with Crippen LogP contribution in [-0.2, 0) is 36.3 Å². The van der Waals surface area contributed by atoms with Crippen molar-refractivity contribution in [3.63, 3.8) is 0 Å². The fraction of sp³-hybridized carbons (Fsp3) is 0.533. The second kappa shape index (κ2) is 12.0. The number of methoxy groups -OCH3 is 1. The third-order valence-electron chi connectivity index (χ3n) is 4.38. The third-order valence-corrected chi connectivity index (χ3v) is 8.18. The second-order valence-electron chi connectivity index (χ2n) is 7.11. The average Bonchev–Trinajstić information content (AvgIpc) is 3.08. The Morgan fingerprint density at radius 1 is 1.28 bits per heavy atom. The van der Waals surface area contributed by atoms with Crippen LogP contribution in [0.25, 0.3) is 0 Å². The maximum Gasteiger partial charge on any atom is 0.490 e. The number of nitrogens with zero attached hydrogens (tertiary/aromatic N) is 2. The molecule has 1 aliphatic heterocycles. The Bertz CT molecular complexity index is 1240. The Balaban J connectivity index is 2.07. The van der Waals surface area contributed by atoms with Crippen LogP contribution in [-0.4, -0.2) is 61.6 Å². The van der Waals surface area contributed by atoms with Gasteiger partial charge in [0, 0.05) is 6.20 Å². The molecule has 0 aromatic carbocycles. The van der Waals surface area contributed by atoms with Gasteiger partial charge in [0.15, 0.2) is 0 Å². The molecule has 0 saturated carbocycles. The van der Waals surface area contributed by atoms with Gasteiger partial charge in [0.25, 0.3) is 0 Å². The summed E-state index contributed by atoms with van der Waals surface area (Å²) in [5, 5.41) is 2.33. The van der Waals surface area contributed by atoms with Gasteiger partial charge in [-0.15, -0.1) is 0 Å². The molecule has 7 N–H and O–H groups in total. The lowest BCUT2D eigenvalue weighted by Crippen LogP contribution is -2.29. The molecule has 0 spiro atoms. The molecule has 2 heterocycles. The van der Waals surface area contributed by atoms with Crippen LogP contribution >= 0.6 is 23.5 Å². The van der Waals surface area contributed by atoms with Gasteiger partial charge in [-0.3, -0.25) is 9.09 Å². The van der Waals surface area contributed by atoms with Gasteiger partial charge in [0.2, 0.25) is 0 Å². The van der Waals surface area contributed by atoms with Gasteiger partial charge in [0.05, 0.1) is 31.9 Å². The van der Waals surface area contributed by atoms with E-state index in [1.807, 2.05) is 0 Å². The van der Waals surface area contributed by atoms with E-state index < -0.39 is 54.2 Å². The Hall–Kier alpha value is -2.12. The van der Waals surface area contributed by atoms with Gasteiger partial charge in [-0.05, 0) is 12.3 Å². The number of rotatable bonds is 9. The van der Waals surface area contributed by atoms with Crippen molar-refractivity contribution < 1.29 is 60.7 Å². The topological polar surface area (TPSA) is 268 Å². The standard InChI is InChI=1S/C15H23N4O14P3/c1-9-6-12(19-7-10(13(16)18-14(19)20)4-3-5-17-15(21)29-2)31-11(9)8-30-35(25,26)33-36(27,28)32-34(22,23)24/h7,9,11-12H,5-6,8H2,1-2H3,(H,17,21)(H,25,26)(H,27,28)(H2,16,18,20)(H2,22,23,24)/t9-,11-,12-/m1/s1. The molecular formula is C15H23N4O14P3. The monoisotopic (exact) mass is 576 g/mol. The van der Waals surface area contributed by atoms with Crippen molar-refractivity contribution in [3.8, 4) is 11.8 Å². The zero-order valence-corrected chi connectivity index (χ0v) is 21.3. The van der Waals surface area contributed by atoms with Crippen molar-refractivity contribution in [1.29, 1.82) is 0 Å². The average molecular weight is 576 g/mol. The summed E-state index contributed by atoms with van der Waals surface area (Å²) in [7, 11) is -15.3. The summed E-state index contributed by atoms with van der Waals surface area (Å²) < 4.78 is 57.0. The minimum absolute atomic E-state index is 0.0785. The summed E-state index contributed by atoms with van der Waals surface area (Å²) in [6.07, 6.45) is -1.08. The Morgan fingerprint density at radius 3 is 2.56 bits per heavy atom. The Morgan fingerprint density at radius 2 is 1.94 bits per heavy atom. The van der Waals surface area contributed by atoms with Crippen LogP contribution in [0.15, 0.2) is 11.0 Å². The summed E-state index contributed by atoms with van der Waals surface area (Å²) >= 11 is 0. The van der Waals surface area contributed by atoms with Crippen LogP contribution in [0, 0.1) is 17.8 Å². The van der Waals surface area contributed by atoms with E-state index in [0.717, 1.165) is 4.57 Å². The van der Waals surface area contributed by atoms with Gasteiger partial charge in [-0.25, -0.2) is 23.3 Å². The van der Waals surface area contributed by atoms with E-state index in [2.05, 4.69) is 40.0 Å². The quantitative estimate of drug-likeness (QED) is 0.164. The number of aromatic nitrogens is 2. The molecule has 0 bridgehead atoms. The summed E-state index contributed by atoms with van der Waals surface area (Å²) in [6, 6.07) is 0. The fourth-order valence-corrected chi connectivity index (χ4v) is 5.86. The van der Waals surface area contributed by atoms with Crippen molar-refractivity contribution in [1.82, 2.24) is 14.9 Å². The third kappa shape index (κ3) is 9.40. The van der Waals surface area contributed by atoms with Gasteiger partial charge < -0.3 is 40.1 Å². The van der Waals surface area contributed by atoms with Crippen LogP contribution in [0.1, 0.15) is 25.1 Å². The maximum absolute atomic E-state index is 12.3. The van der Waals surface area contributed by atoms with E-state index in [1.165, 1.54) is 13.3 Å². The largest absolute Gasteiger partial charge is 0.490 e. The molecule has 1 amide bonds. The zero-order valence-electron chi connectivity index (χ0n) is 18.6. The highest BCUT2D eigenvalue weighted by molar-refractivity contribution is 7.66. The number of phosphoric ester groups is 1. The summed E-state index contributed by atoms with van der Waals surface area (Å²) in [5.74, 6) is 4.68. The number of nitrogens with one attached hydrogen (secondary N) is 1. The molecule has 36 heavy (non-hydrogen) atoms. The van der Waals surface area contributed by atoms with Crippen molar-refractivity contribution >= 4 is 35.4 Å². The second-order valence-corrected chi connectivity index (χ2v) is 11.5. The number of nitrogen functional groups attached to an aromatic ring is 1.